The summed E-state index contributed by atoms with van der Waals surface area (Å²) in [5.74, 6) is 0.662. The molecule has 2 aliphatic rings. The van der Waals surface area contributed by atoms with Crippen LogP contribution in [0.25, 0.3) is 28.3 Å². The van der Waals surface area contributed by atoms with Gasteiger partial charge in [0, 0.05) is 49.5 Å². The lowest BCUT2D eigenvalue weighted by Gasteiger charge is -2.20. The van der Waals surface area contributed by atoms with E-state index in [1.165, 1.54) is 17.7 Å². The largest absolute Gasteiger partial charge is 0.391 e. The first-order valence-electron chi connectivity index (χ1n) is 10.2. The predicted octanol–water partition coefficient (Wildman–Crippen LogP) is 4.08. The van der Waals surface area contributed by atoms with Crippen molar-refractivity contribution in [2.24, 2.45) is 0 Å². The zero-order valence-corrected chi connectivity index (χ0v) is 16.4. The molecule has 6 rings (SSSR count). The van der Waals surface area contributed by atoms with Gasteiger partial charge in [0.15, 0.2) is 5.82 Å². The van der Waals surface area contributed by atoms with E-state index in [4.69, 9.17) is 0 Å². The first kappa shape index (κ1) is 17.5. The molecule has 0 radical (unpaired) electrons. The van der Waals surface area contributed by atoms with Crippen molar-refractivity contribution in [1.82, 2.24) is 14.1 Å². The molecule has 30 heavy (non-hydrogen) atoms. The fourth-order valence-corrected chi connectivity index (χ4v) is 4.61. The van der Waals surface area contributed by atoms with Crippen molar-refractivity contribution in [2.45, 2.75) is 19.1 Å². The van der Waals surface area contributed by atoms with Crippen LogP contribution in [-0.2, 0) is 6.54 Å². The van der Waals surface area contributed by atoms with Crippen molar-refractivity contribution in [3.63, 3.8) is 0 Å². The zero-order valence-electron chi connectivity index (χ0n) is 16.4. The summed E-state index contributed by atoms with van der Waals surface area (Å²) in [4.78, 5) is 6.87. The highest BCUT2D eigenvalue weighted by Crippen LogP contribution is 2.35. The maximum absolute atomic E-state index is 13.4. The third kappa shape index (κ3) is 2.75. The number of aromatic nitrogens is 3. The molecule has 1 unspecified atom stereocenters. The van der Waals surface area contributed by atoms with E-state index in [1.807, 2.05) is 24.5 Å². The lowest BCUT2D eigenvalue weighted by Crippen LogP contribution is -2.21. The van der Waals surface area contributed by atoms with Crippen molar-refractivity contribution < 1.29 is 9.50 Å². The van der Waals surface area contributed by atoms with Gasteiger partial charge < -0.3 is 14.6 Å². The van der Waals surface area contributed by atoms with Gasteiger partial charge >= 0.3 is 0 Å². The molecule has 6 heteroatoms. The molecule has 1 atom stereocenters. The van der Waals surface area contributed by atoms with Gasteiger partial charge in [-0.3, -0.25) is 4.57 Å². The van der Waals surface area contributed by atoms with E-state index in [-0.39, 0.29) is 11.9 Å². The summed E-state index contributed by atoms with van der Waals surface area (Å²) in [6, 6.07) is 15.2. The summed E-state index contributed by atoms with van der Waals surface area (Å²) in [5, 5.41) is 9.92. The van der Waals surface area contributed by atoms with Gasteiger partial charge in [0.2, 0.25) is 0 Å². The van der Waals surface area contributed by atoms with Crippen LogP contribution in [0, 0.1) is 5.82 Å². The highest BCUT2D eigenvalue weighted by atomic mass is 19.1. The summed E-state index contributed by atoms with van der Waals surface area (Å²) in [5.41, 5.74) is 6.53. The molecule has 0 spiro atoms. The summed E-state index contributed by atoms with van der Waals surface area (Å²) in [6.45, 7) is 2.28. The van der Waals surface area contributed by atoms with Crippen LogP contribution >= 0.6 is 0 Å². The van der Waals surface area contributed by atoms with E-state index in [2.05, 4.69) is 49.5 Å². The van der Waals surface area contributed by atoms with Crippen LogP contribution in [0.1, 0.15) is 12.0 Å². The summed E-state index contributed by atoms with van der Waals surface area (Å²) < 4.78 is 17.7. The van der Waals surface area contributed by atoms with Gasteiger partial charge in [-0.2, -0.15) is 0 Å². The van der Waals surface area contributed by atoms with Crippen LogP contribution in [0.5, 0.6) is 0 Å². The average Bonchev–Trinajstić information content (AvgIpc) is 3.47. The van der Waals surface area contributed by atoms with Crippen LogP contribution < -0.4 is 4.90 Å². The normalized spacial score (nSPS) is 17.4. The van der Waals surface area contributed by atoms with Crippen LogP contribution in [-0.4, -0.2) is 38.4 Å². The smallest absolute Gasteiger partial charge is 0.161 e. The standard InChI is InChI=1S/C24H21FN4O/c25-19-3-1-16(2-4-19)17-12-23-24-26-8-10-29(24)22-6-5-20(27-9-7-21(30)15-27)11-18(22)14-28(23)13-17/h1-6,8,10-13,21,30H,7,9,14-15H2. The first-order chi connectivity index (χ1) is 14.7. The van der Waals surface area contributed by atoms with E-state index >= 15 is 0 Å². The lowest BCUT2D eigenvalue weighted by atomic mass is 10.1. The highest BCUT2D eigenvalue weighted by molar-refractivity contribution is 5.72. The predicted molar refractivity (Wildman–Crippen MR) is 114 cm³/mol. The Morgan fingerprint density at radius 2 is 1.90 bits per heavy atom. The number of hydrogen-bond acceptors (Lipinski definition) is 3. The highest BCUT2D eigenvalue weighted by Gasteiger charge is 2.24. The van der Waals surface area contributed by atoms with E-state index in [0.29, 0.717) is 6.54 Å². The lowest BCUT2D eigenvalue weighted by molar-refractivity contribution is 0.198. The number of imidazole rings is 1. The molecule has 5 nitrogen and oxygen atoms in total. The van der Waals surface area contributed by atoms with Crippen molar-refractivity contribution >= 4 is 5.69 Å². The third-order valence-electron chi connectivity index (χ3n) is 6.14. The molecule has 1 saturated heterocycles. The quantitative estimate of drug-likeness (QED) is 0.486. The Hall–Kier alpha value is -3.38. The summed E-state index contributed by atoms with van der Waals surface area (Å²) in [7, 11) is 0. The molecule has 0 bridgehead atoms. The Kier molecular flexibility index (Phi) is 3.83. The molecule has 2 aromatic heterocycles. The van der Waals surface area contributed by atoms with E-state index < -0.39 is 0 Å². The maximum atomic E-state index is 13.4. The van der Waals surface area contributed by atoms with Crippen LogP contribution in [0.2, 0.25) is 0 Å². The molecule has 2 aromatic carbocycles. The molecular weight excluding hydrogens is 379 g/mol. The third-order valence-corrected chi connectivity index (χ3v) is 6.14. The van der Waals surface area contributed by atoms with Gasteiger partial charge in [0.25, 0.3) is 0 Å². The number of β-amino-alcohol motifs (C(OH)–C–C–N with tert-alkyl or cyclic N) is 1. The second-order valence-corrected chi connectivity index (χ2v) is 8.07. The SMILES string of the molecule is OC1CCN(c2ccc3c(c2)Cn2cc(-c4ccc(F)cc4)cc2-c2nccn2-3)C1. The van der Waals surface area contributed by atoms with E-state index in [9.17, 15) is 9.50 Å². The number of nitrogens with zero attached hydrogens (tertiary/aromatic N) is 4. The second kappa shape index (κ2) is 6.57. The number of halogens is 1. The molecule has 2 aliphatic heterocycles. The Morgan fingerprint density at radius 3 is 2.70 bits per heavy atom. The molecule has 0 aliphatic carbocycles. The Morgan fingerprint density at radius 1 is 1.03 bits per heavy atom. The Balaban J connectivity index is 1.46. The fraction of sp³-hybridized carbons (Fsp3) is 0.208. The van der Waals surface area contributed by atoms with Crippen LogP contribution in [0.4, 0.5) is 10.1 Å². The minimum absolute atomic E-state index is 0.233. The minimum Gasteiger partial charge on any atom is -0.391 e. The van der Waals surface area contributed by atoms with Gasteiger partial charge in [-0.25, -0.2) is 9.37 Å². The number of benzene rings is 2. The fourth-order valence-electron chi connectivity index (χ4n) is 4.61. The van der Waals surface area contributed by atoms with Gasteiger partial charge in [0.1, 0.15) is 5.82 Å². The van der Waals surface area contributed by atoms with Gasteiger partial charge in [-0.15, -0.1) is 0 Å². The molecule has 4 heterocycles. The van der Waals surface area contributed by atoms with E-state index in [1.54, 1.807) is 0 Å². The maximum Gasteiger partial charge on any atom is 0.161 e. The monoisotopic (exact) mass is 400 g/mol. The number of rotatable bonds is 2. The number of fused-ring (bicyclic) bond motifs is 5. The average molecular weight is 400 g/mol. The molecule has 1 fully saturated rings. The number of aliphatic hydroxyl groups is 1. The van der Waals surface area contributed by atoms with Crippen LogP contribution in [0.15, 0.2) is 67.1 Å². The molecule has 0 amide bonds. The van der Waals surface area contributed by atoms with Crippen molar-refractivity contribution in [3.05, 3.63) is 78.5 Å². The second-order valence-electron chi connectivity index (χ2n) is 8.07. The number of aliphatic hydroxyl groups excluding tert-OH is 1. The van der Waals surface area contributed by atoms with Crippen molar-refractivity contribution in [2.75, 3.05) is 18.0 Å². The first-order valence-corrected chi connectivity index (χ1v) is 10.2. The summed E-state index contributed by atoms with van der Waals surface area (Å²) >= 11 is 0. The van der Waals surface area contributed by atoms with Gasteiger partial charge in [-0.1, -0.05) is 12.1 Å². The van der Waals surface area contributed by atoms with E-state index in [0.717, 1.165) is 53.5 Å². The molecular formula is C24H21FN4O. The van der Waals surface area contributed by atoms with Gasteiger partial charge in [0.05, 0.1) is 17.5 Å². The van der Waals surface area contributed by atoms with Crippen LogP contribution in [0.3, 0.4) is 0 Å². The number of anilines is 1. The molecule has 1 N–H and O–H groups in total. The number of hydrogen-bond donors (Lipinski definition) is 1. The molecule has 0 saturated carbocycles. The topological polar surface area (TPSA) is 46.2 Å². The van der Waals surface area contributed by atoms with Gasteiger partial charge in [-0.05, 0) is 53.9 Å². The zero-order chi connectivity index (χ0) is 20.2. The molecule has 150 valence electrons. The van der Waals surface area contributed by atoms with Crippen molar-refractivity contribution in [3.8, 4) is 28.3 Å². The summed E-state index contributed by atoms with van der Waals surface area (Å²) in [6.07, 6.45) is 6.49. The minimum atomic E-state index is -0.251. The Bertz CT molecular complexity index is 1240. The molecule has 4 aromatic rings. The van der Waals surface area contributed by atoms with Crippen molar-refractivity contribution in [1.29, 1.82) is 0 Å². The Labute approximate surface area is 173 Å².